The highest BCUT2D eigenvalue weighted by Crippen LogP contribution is 2.26. The molecule has 0 radical (unpaired) electrons. The van der Waals surface area contributed by atoms with Crippen LogP contribution in [0.3, 0.4) is 0 Å². The van der Waals surface area contributed by atoms with Gasteiger partial charge in [0.25, 0.3) is 0 Å². The third-order valence-electron chi connectivity index (χ3n) is 6.04. The summed E-state index contributed by atoms with van der Waals surface area (Å²) in [6, 6.07) is 15.0. The molecule has 0 unspecified atom stereocenters. The molecule has 1 fully saturated rings. The van der Waals surface area contributed by atoms with E-state index in [4.69, 9.17) is 10.1 Å². The third-order valence-corrected chi connectivity index (χ3v) is 6.04. The smallest absolute Gasteiger partial charge is 0.184 e. The summed E-state index contributed by atoms with van der Waals surface area (Å²) in [5.41, 5.74) is 6.31. The first-order valence-corrected chi connectivity index (χ1v) is 10.7. The van der Waals surface area contributed by atoms with Gasteiger partial charge in [-0.2, -0.15) is 4.52 Å². The van der Waals surface area contributed by atoms with Crippen molar-refractivity contribution in [2.75, 3.05) is 37.6 Å². The number of anilines is 1. The lowest BCUT2D eigenvalue weighted by Crippen LogP contribution is -2.47. The maximum atomic E-state index is 4.84. The zero-order valence-corrected chi connectivity index (χ0v) is 18.0. The SMILES string of the molecule is Cc1cc(C)c2c(n1)nn1c(N3CCN(CCc4ccccc4)CC3)cc(C)nc21. The molecule has 0 N–H and O–H groups in total. The fourth-order valence-corrected chi connectivity index (χ4v) is 4.48. The molecule has 0 spiro atoms. The van der Waals surface area contributed by atoms with Crippen LogP contribution >= 0.6 is 0 Å². The van der Waals surface area contributed by atoms with Gasteiger partial charge in [-0.05, 0) is 44.4 Å². The summed E-state index contributed by atoms with van der Waals surface area (Å²) in [5, 5.41) is 5.90. The van der Waals surface area contributed by atoms with Gasteiger partial charge in [-0.1, -0.05) is 30.3 Å². The summed E-state index contributed by atoms with van der Waals surface area (Å²) in [4.78, 5) is 14.5. The van der Waals surface area contributed by atoms with Gasteiger partial charge in [0.2, 0.25) is 0 Å². The Hall–Kier alpha value is -2.99. The van der Waals surface area contributed by atoms with Crippen LogP contribution in [0.4, 0.5) is 5.82 Å². The first-order valence-electron chi connectivity index (χ1n) is 10.7. The molecule has 30 heavy (non-hydrogen) atoms. The van der Waals surface area contributed by atoms with E-state index in [1.807, 2.05) is 11.4 Å². The molecular formula is C24H28N6. The van der Waals surface area contributed by atoms with Crippen molar-refractivity contribution in [3.05, 3.63) is 65.0 Å². The lowest BCUT2D eigenvalue weighted by atomic mass is 10.1. The van der Waals surface area contributed by atoms with Crippen LogP contribution in [0.25, 0.3) is 16.7 Å². The van der Waals surface area contributed by atoms with Crippen LogP contribution in [0, 0.1) is 20.8 Å². The van der Waals surface area contributed by atoms with Crippen molar-refractivity contribution in [1.29, 1.82) is 0 Å². The molecular weight excluding hydrogens is 372 g/mol. The Bertz CT molecular complexity index is 1190. The van der Waals surface area contributed by atoms with E-state index in [1.165, 1.54) is 11.1 Å². The molecule has 154 valence electrons. The lowest BCUT2D eigenvalue weighted by molar-refractivity contribution is 0.260. The summed E-state index contributed by atoms with van der Waals surface area (Å²) >= 11 is 0. The zero-order chi connectivity index (χ0) is 20.7. The maximum absolute atomic E-state index is 4.84. The predicted molar refractivity (Wildman–Crippen MR) is 121 cm³/mol. The quantitative estimate of drug-likeness (QED) is 0.524. The predicted octanol–water partition coefficient (Wildman–Crippen LogP) is 3.57. The molecule has 4 heterocycles. The Morgan fingerprint density at radius 1 is 0.867 bits per heavy atom. The largest absolute Gasteiger partial charge is 0.354 e. The number of nitrogens with zero attached hydrogens (tertiary/aromatic N) is 6. The van der Waals surface area contributed by atoms with E-state index in [9.17, 15) is 0 Å². The second-order valence-corrected chi connectivity index (χ2v) is 8.33. The fraction of sp³-hybridized carbons (Fsp3) is 0.375. The van der Waals surface area contributed by atoms with Crippen LogP contribution in [0.1, 0.15) is 22.5 Å². The van der Waals surface area contributed by atoms with Gasteiger partial charge >= 0.3 is 0 Å². The van der Waals surface area contributed by atoms with Crippen LogP contribution in [0.2, 0.25) is 0 Å². The second-order valence-electron chi connectivity index (χ2n) is 8.33. The van der Waals surface area contributed by atoms with Crippen molar-refractivity contribution in [2.24, 2.45) is 0 Å². The summed E-state index contributed by atoms with van der Waals surface area (Å²) in [6.07, 6.45) is 1.11. The topological polar surface area (TPSA) is 49.6 Å². The number of hydrogen-bond acceptors (Lipinski definition) is 5. The van der Waals surface area contributed by atoms with Crippen LogP contribution in [0.15, 0.2) is 42.5 Å². The minimum atomic E-state index is 0.786. The van der Waals surface area contributed by atoms with Crippen molar-refractivity contribution >= 4 is 22.5 Å². The van der Waals surface area contributed by atoms with Crippen molar-refractivity contribution in [3.8, 4) is 0 Å². The standard InChI is InChI=1S/C24H28N6/c1-17-15-18(2)25-23-22(17)24-26-19(3)16-21(30(24)27-23)29-13-11-28(12-14-29)10-9-20-7-5-4-6-8-20/h4-8,15-16H,9-14H2,1-3H3. The Morgan fingerprint density at radius 2 is 1.60 bits per heavy atom. The Morgan fingerprint density at radius 3 is 2.37 bits per heavy atom. The molecule has 6 nitrogen and oxygen atoms in total. The van der Waals surface area contributed by atoms with Gasteiger partial charge in [-0.15, -0.1) is 5.10 Å². The minimum absolute atomic E-state index is 0.786. The first kappa shape index (κ1) is 19.0. The van der Waals surface area contributed by atoms with Crippen LogP contribution in [0.5, 0.6) is 0 Å². The van der Waals surface area contributed by atoms with E-state index >= 15 is 0 Å². The Kier molecular flexibility index (Phi) is 4.87. The van der Waals surface area contributed by atoms with Gasteiger partial charge < -0.3 is 4.90 Å². The first-order chi connectivity index (χ1) is 14.6. The molecule has 1 aliphatic rings. The van der Waals surface area contributed by atoms with E-state index in [-0.39, 0.29) is 0 Å². The van der Waals surface area contributed by atoms with Crippen LogP contribution in [-0.2, 0) is 6.42 Å². The maximum Gasteiger partial charge on any atom is 0.184 e. The highest BCUT2D eigenvalue weighted by atomic mass is 15.4. The van der Waals surface area contributed by atoms with Gasteiger partial charge in [0.1, 0.15) is 5.82 Å². The van der Waals surface area contributed by atoms with E-state index in [0.717, 1.165) is 73.0 Å². The van der Waals surface area contributed by atoms with Crippen molar-refractivity contribution in [1.82, 2.24) is 24.5 Å². The monoisotopic (exact) mass is 400 g/mol. The number of piperazine rings is 1. The average molecular weight is 401 g/mol. The summed E-state index contributed by atoms with van der Waals surface area (Å²) < 4.78 is 2.00. The van der Waals surface area contributed by atoms with E-state index in [1.54, 1.807) is 0 Å². The van der Waals surface area contributed by atoms with E-state index < -0.39 is 0 Å². The van der Waals surface area contributed by atoms with Gasteiger partial charge in [-0.3, -0.25) is 4.90 Å². The molecule has 1 aliphatic heterocycles. The Labute approximate surface area is 177 Å². The minimum Gasteiger partial charge on any atom is -0.354 e. The molecule has 0 bridgehead atoms. The number of aromatic nitrogens is 4. The van der Waals surface area contributed by atoms with Gasteiger partial charge in [0.15, 0.2) is 11.3 Å². The summed E-state index contributed by atoms with van der Waals surface area (Å²) in [7, 11) is 0. The average Bonchev–Trinajstić information content (AvgIpc) is 3.11. The fourth-order valence-electron chi connectivity index (χ4n) is 4.48. The number of hydrogen-bond donors (Lipinski definition) is 0. The van der Waals surface area contributed by atoms with Gasteiger partial charge in [0.05, 0.1) is 5.39 Å². The van der Waals surface area contributed by atoms with Crippen molar-refractivity contribution in [3.63, 3.8) is 0 Å². The number of fused-ring (bicyclic) bond motifs is 3. The van der Waals surface area contributed by atoms with Crippen LogP contribution in [-0.4, -0.2) is 57.2 Å². The number of rotatable bonds is 4. The normalized spacial score (nSPS) is 15.4. The van der Waals surface area contributed by atoms with E-state index in [0.29, 0.717) is 0 Å². The number of aryl methyl sites for hydroxylation is 3. The molecule has 0 atom stereocenters. The summed E-state index contributed by atoms with van der Waals surface area (Å²) in [5.74, 6) is 1.12. The summed E-state index contributed by atoms with van der Waals surface area (Å²) in [6.45, 7) is 11.4. The highest BCUT2D eigenvalue weighted by molar-refractivity contribution is 5.93. The third kappa shape index (κ3) is 3.52. The number of pyridine rings is 1. The van der Waals surface area contributed by atoms with Gasteiger partial charge in [-0.25, -0.2) is 9.97 Å². The number of benzene rings is 1. The highest BCUT2D eigenvalue weighted by Gasteiger charge is 2.22. The molecule has 1 saturated heterocycles. The Balaban J connectivity index is 1.38. The van der Waals surface area contributed by atoms with Crippen molar-refractivity contribution < 1.29 is 0 Å². The molecule has 0 aliphatic carbocycles. The van der Waals surface area contributed by atoms with Crippen LogP contribution < -0.4 is 4.90 Å². The lowest BCUT2D eigenvalue weighted by Gasteiger charge is -2.36. The second kappa shape index (κ2) is 7.69. The zero-order valence-electron chi connectivity index (χ0n) is 18.0. The van der Waals surface area contributed by atoms with Gasteiger partial charge in [0, 0.05) is 50.2 Å². The molecule has 1 aromatic carbocycles. The molecule has 0 saturated carbocycles. The van der Waals surface area contributed by atoms with Crippen molar-refractivity contribution in [2.45, 2.75) is 27.2 Å². The molecule has 3 aromatic heterocycles. The molecule has 6 heteroatoms. The molecule has 5 rings (SSSR count). The molecule has 0 amide bonds. The van der Waals surface area contributed by atoms with E-state index in [2.05, 4.69) is 71.1 Å². The molecule has 4 aromatic rings.